The smallest absolute Gasteiger partial charge is 0.257 e. The van der Waals surface area contributed by atoms with Crippen molar-refractivity contribution in [3.05, 3.63) is 33.2 Å². The van der Waals surface area contributed by atoms with Crippen LogP contribution in [0.4, 0.5) is 0 Å². The minimum Gasteiger partial charge on any atom is -0.545 e. The van der Waals surface area contributed by atoms with E-state index in [1.807, 2.05) is 0 Å². The van der Waals surface area contributed by atoms with E-state index in [0.29, 0.717) is 0 Å². The highest BCUT2D eigenvalue weighted by Crippen LogP contribution is 2.36. The van der Waals surface area contributed by atoms with E-state index in [2.05, 4.69) is 18.8 Å². The third kappa shape index (κ3) is 2.00. The summed E-state index contributed by atoms with van der Waals surface area (Å²) in [5.74, 6) is -0.696. The number of hydrogen-bond donors (Lipinski definition) is 1. The molecule has 0 radical (unpaired) electrons. The van der Waals surface area contributed by atoms with E-state index in [4.69, 9.17) is 0 Å². The Bertz CT molecular complexity index is 504. The molecule has 1 aliphatic heterocycles. The van der Waals surface area contributed by atoms with E-state index in [-0.39, 0.29) is 10.3 Å². The van der Waals surface area contributed by atoms with E-state index in [9.17, 15) is 14.7 Å². The molecule has 86 valence electrons. The first-order valence-corrected chi connectivity index (χ1v) is 5.98. The Labute approximate surface area is 97.1 Å². The number of aromatic nitrogens is 1. The molecular formula is C11H12NO3S-. The maximum absolute atomic E-state index is 11.5. The Morgan fingerprint density at radius 2 is 2.25 bits per heavy atom. The number of aromatic carboxylic acids is 1. The average molecular weight is 238 g/mol. The first-order valence-electron chi connectivity index (χ1n) is 4.99. The molecule has 4 nitrogen and oxygen atoms in total. The topological polar surface area (TPSA) is 73.0 Å². The molecule has 0 fully saturated rings. The molecule has 0 bridgehead atoms. The number of carboxylic acids is 1. The van der Waals surface area contributed by atoms with Gasteiger partial charge in [0.25, 0.3) is 5.56 Å². The minimum atomic E-state index is -1.42. The lowest BCUT2D eigenvalue weighted by molar-refractivity contribution is -0.255. The van der Waals surface area contributed by atoms with Gasteiger partial charge in [-0.15, -0.1) is 0 Å². The molecule has 2 rings (SSSR count). The van der Waals surface area contributed by atoms with Crippen LogP contribution in [-0.2, 0) is 12.2 Å². The van der Waals surface area contributed by atoms with Crippen LogP contribution in [0.5, 0.6) is 0 Å². The molecule has 0 spiro atoms. The maximum atomic E-state index is 11.5. The van der Waals surface area contributed by atoms with Crippen molar-refractivity contribution < 1.29 is 9.90 Å². The highest BCUT2D eigenvalue weighted by Gasteiger charge is 2.27. The zero-order valence-electron chi connectivity index (χ0n) is 9.12. The summed E-state index contributed by atoms with van der Waals surface area (Å²) in [5.41, 5.74) is 0.891. The van der Waals surface area contributed by atoms with Gasteiger partial charge >= 0.3 is 0 Å². The predicted molar refractivity (Wildman–Crippen MR) is 60.5 cm³/mol. The van der Waals surface area contributed by atoms with Crippen LogP contribution in [-0.4, -0.2) is 15.7 Å². The number of hydrogen-bond acceptors (Lipinski definition) is 4. The van der Waals surface area contributed by atoms with Crippen molar-refractivity contribution in [1.29, 1.82) is 0 Å². The van der Waals surface area contributed by atoms with Crippen molar-refractivity contribution in [3.63, 3.8) is 0 Å². The summed E-state index contributed by atoms with van der Waals surface area (Å²) in [6.45, 7) is 4.21. The summed E-state index contributed by atoms with van der Waals surface area (Å²) in [6, 6.07) is 1.44. The first kappa shape index (κ1) is 11.3. The number of pyridine rings is 1. The number of carboxylic acid groups (broad SMARTS) is 1. The number of carbonyl (C=O) groups is 1. The van der Waals surface area contributed by atoms with Crippen LogP contribution < -0.4 is 10.7 Å². The van der Waals surface area contributed by atoms with Crippen molar-refractivity contribution in [2.45, 2.75) is 30.8 Å². The van der Waals surface area contributed by atoms with Crippen LogP contribution in [0.3, 0.4) is 0 Å². The standard InChI is InChI=1S/C11H13NO3S/c1-11(2)4-8-6(5-16-11)3-7(10(14)15)9(13)12-8/h3H,4-5H2,1-2H3,(H,12,13)(H,14,15)/p-1. The summed E-state index contributed by atoms with van der Waals surface area (Å²) in [4.78, 5) is 24.8. The Balaban J connectivity index is 2.51. The molecule has 1 aromatic rings. The third-order valence-corrected chi connectivity index (χ3v) is 4.04. The first-order chi connectivity index (χ1) is 7.39. The van der Waals surface area contributed by atoms with Gasteiger partial charge in [-0.2, -0.15) is 11.8 Å². The van der Waals surface area contributed by atoms with Gasteiger partial charge in [0.1, 0.15) is 0 Å². The van der Waals surface area contributed by atoms with Gasteiger partial charge in [0, 0.05) is 22.6 Å². The van der Waals surface area contributed by atoms with Crippen molar-refractivity contribution in [2.24, 2.45) is 0 Å². The number of rotatable bonds is 1. The van der Waals surface area contributed by atoms with Gasteiger partial charge < -0.3 is 14.9 Å². The fourth-order valence-electron chi connectivity index (χ4n) is 1.80. The SMILES string of the molecule is CC1(C)Cc2[nH]c(=O)c(C(=O)[O-])cc2CS1. The largest absolute Gasteiger partial charge is 0.545 e. The molecule has 0 saturated heterocycles. The number of fused-ring (bicyclic) bond motifs is 1. The summed E-state index contributed by atoms with van der Waals surface area (Å²) in [5, 5.41) is 10.7. The summed E-state index contributed by atoms with van der Waals surface area (Å²) in [6.07, 6.45) is 0.746. The molecule has 5 heteroatoms. The lowest BCUT2D eigenvalue weighted by Crippen LogP contribution is -2.33. The molecule has 1 aromatic heterocycles. The quantitative estimate of drug-likeness (QED) is 0.764. The molecule has 1 aliphatic rings. The predicted octanol–water partition coefficient (Wildman–Crippen LogP) is 0.306. The number of H-pyrrole nitrogens is 1. The number of aromatic amines is 1. The van der Waals surface area contributed by atoms with Crippen LogP contribution in [0.2, 0.25) is 0 Å². The maximum Gasteiger partial charge on any atom is 0.257 e. The van der Waals surface area contributed by atoms with E-state index < -0.39 is 11.5 Å². The van der Waals surface area contributed by atoms with Crippen LogP contribution in [0.25, 0.3) is 0 Å². The van der Waals surface area contributed by atoms with Gasteiger partial charge in [-0.05, 0) is 11.6 Å². The molecule has 1 N–H and O–H groups in total. The van der Waals surface area contributed by atoms with Crippen molar-refractivity contribution in [1.82, 2.24) is 4.98 Å². The second-order valence-corrected chi connectivity index (χ2v) is 6.21. The Morgan fingerprint density at radius 3 is 2.88 bits per heavy atom. The van der Waals surface area contributed by atoms with Gasteiger partial charge in [0.2, 0.25) is 0 Å². The molecule has 2 heterocycles. The van der Waals surface area contributed by atoms with E-state index in [1.54, 1.807) is 11.8 Å². The zero-order chi connectivity index (χ0) is 11.9. The van der Waals surface area contributed by atoms with Crippen LogP contribution in [0, 0.1) is 0 Å². The second-order valence-electron chi connectivity index (χ2n) is 4.53. The van der Waals surface area contributed by atoms with Gasteiger partial charge in [0.05, 0.1) is 11.5 Å². The monoisotopic (exact) mass is 238 g/mol. The van der Waals surface area contributed by atoms with Crippen LogP contribution in [0.15, 0.2) is 10.9 Å². The molecule has 0 saturated carbocycles. The van der Waals surface area contributed by atoms with Crippen molar-refractivity contribution >= 4 is 17.7 Å². The normalized spacial score (nSPS) is 17.9. The van der Waals surface area contributed by atoms with E-state index in [1.165, 1.54) is 6.07 Å². The van der Waals surface area contributed by atoms with E-state index in [0.717, 1.165) is 23.4 Å². The Kier molecular flexibility index (Phi) is 2.58. The number of nitrogens with one attached hydrogen (secondary N) is 1. The highest BCUT2D eigenvalue weighted by atomic mass is 32.2. The Morgan fingerprint density at radius 1 is 1.56 bits per heavy atom. The van der Waals surface area contributed by atoms with Crippen LogP contribution in [0.1, 0.15) is 35.5 Å². The summed E-state index contributed by atoms with van der Waals surface area (Å²) < 4.78 is 0.0823. The second kappa shape index (κ2) is 3.66. The zero-order valence-corrected chi connectivity index (χ0v) is 9.94. The van der Waals surface area contributed by atoms with Crippen molar-refractivity contribution in [2.75, 3.05) is 0 Å². The molecule has 0 amide bonds. The van der Waals surface area contributed by atoms with E-state index >= 15 is 0 Å². The van der Waals surface area contributed by atoms with Gasteiger partial charge in [-0.3, -0.25) is 4.79 Å². The molecule has 0 atom stereocenters. The van der Waals surface area contributed by atoms with Gasteiger partial charge in [-0.25, -0.2) is 0 Å². The summed E-state index contributed by atoms with van der Waals surface area (Å²) >= 11 is 1.75. The van der Waals surface area contributed by atoms with Crippen LogP contribution >= 0.6 is 11.8 Å². The number of thioether (sulfide) groups is 1. The van der Waals surface area contributed by atoms with Gasteiger partial charge in [0.15, 0.2) is 0 Å². The summed E-state index contributed by atoms with van der Waals surface area (Å²) in [7, 11) is 0. The third-order valence-electron chi connectivity index (χ3n) is 2.66. The lowest BCUT2D eigenvalue weighted by atomic mass is 10.0. The fraction of sp³-hybridized carbons (Fsp3) is 0.455. The minimum absolute atomic E-state index is 0.0823. The molecule has 0 unspecified atom stereocenters. The average Bonchev–Trinajstić information content (AvgIpc) is 2.14. The molecule has 0 aliphatic carbocycles. The van der Waals surface area contributed by atoms with Crippen molar-refractivity contribution in [3.8, 4) is 0 Å². The molecule has 0 aromatic carbocycles. The number of carbonyl (C=O) groups excluding carboxylic acids is 1. The molecular weight excluding hydrogens is 226 g/mol. The Hall–Kier alpha value is -1.23. The lowest BCUT2D eigenvalue weighted by Gasteiger charge is -2.30. The molecule has 16 heavy (non-hydrogen) atoms. The highest BCUT2D eigenvalue weighted by molar-refractivity contribution is 7.99. The fourth-order valence-corrected chi connectivity index (χ4v) is 2.85. The van der Waals surface area contributed by atoms with Gasteiger partial charge in [-0.1, -0.05) is 13.8 Å².